The van der Waals surface area contributed by atoms with Gasteiger partial charge in [0.05, 0.1) is 17.0 Å². The fourth-order valence-corrected chi connectivity index (χ4v) is 6.98. The van der Waals surface area contributed by atoms with Crippen LogP contribution in [-0.4, -0.2) is 61.3 Å². The molecule has 0 unspecified atom stereocenters. The lowest BCUT2D eigenvalue weighted by Crippen LogP contribution is -2.42. The van der Waals surface area contributed by atoms with Gasteiger partial charge in [-0.3, -0.25) is 9.78 Å². The van der Waals surface area contributed by atoms with Crippen LogP contribution in [-0.2, 0) is 24.7 Å². The Morgan fingerprint density at radius 3 is 2.67 bits per heavy atom. The first-order valence-corrected chi connectivity index (χ1v) is 11.7. The quantitative estimate of drug-likeness (QED) is 0.727. The van der Waals surface area contributed by atoms with Crippen LogP contribution in [0.2, 0.25) is 0 Å². The van der Waals surface area contributed by atoms with Gasteiger partial charge in [-0.25, -0.2) is 16.8 Å². The number of pyridine rings is 1. The van der Waals surface area contributed by atoms with Gasteiger partial charge < -0.3 is 5.11 Å². The number of benzene rings is 1. The molecule has 0 radical (unpaired) electrons. The Bertz CT molecular complexity index is 1060. The fourth-order valence-electron chi connectivity index (χ4n) is 3.30. The van der Waals surface area contributed by atoms with E-state index in [1.807, 2.05) is 0 Å². The minimum atomic E-state index is -4.05. The highest BCUT2D eigenvalue weighted by atomic mass is 32.2. The molecule has 1 aliphatic heterocycles. The number of carboxylic acids is 1. The molecule has 10 heteroatoms. The van der Waals surface area contributed by atoms with Crippen molar-refractivity contribution >= 4 is 36.7 Å². The Labute approximate surface area is 157 Å². The third-order valence-corrected chi connectivity index (χ3v) is 8.30. The van der Waals surface area contributed by atoms with Crippen molar-refractivity contribution in [1.82, 2.24) is 9.29 Å². The minimum absolute atomic E-state index is 0.000206. The van der Waals surface area contributed by atoms with Crippen molar-refractivity contribution in [2.45, 2.75) is 30.2 Å². The first-order chi connectivity index (χ1) is 12.7. The number of carboxylic acid groups (broad SMARTS) is 1. The second-order valence-electron chi connectivity index (χ2n) is 6.50. The van der Waals surface area contributed by atoms with E-state index in [0.29, 0.717) is 10.9 Å². The van der Waals surface area contributed by atoms with Crippen molar-refractivity contribution in [3.05, 3.63) is 36.5 Å². The molecule has 27 heavy (non-hydrogen) atoms. The van der Waals surface area contributed by atoms with Crippen molar-refractivity contribution in [3.63, 3.8) is 0 Å². The Hall–Kier alpha value is -2.04. The van der Waals surface area contributed by atoms with Crippen LogP contribution in [0.3, 0.4) is 0 Å². The van der Waals surface area contributed by atoms with E-state index >= 15 is 0 Å². The lowest BCUT2D eigenvalue weighted by atomic mass is 10.2. The Morgan fingerprint density at radius 2 is 2.00 bits per heavy atom. The van der Waals surface area contributed by atoms with Gasteiger partial charge >= 0.3 is 5.97 Å². The molecule has 8 nitrogen and oxygen atoms in total. The van der Waals surface area contributed by atoms with Crippen molar-refractivity contribution in [2.24, 2.45) is 0 Å². The van der Waals surface area contributed by atoms with Gasteiger partial charge in [-0.15, -0.1) is 0 Å². The summed E-state index contributed by atoms with van der Waals surface area (Å²) in [6.07, 6.45) is 1.60. The zero-order chi connectivity index (χ0) is 19.7. The Morgan fingerprint density at radius 1 is 1.26 bits per heavy atom. The highest BCUT2D eigenvalue weighted by Gasteiger charge is 2.39. The summed E-state index contributed by atoms with van der Waals surface area (Å²) in [5, 5.41) is 9.52. The Balaban J connectivity index is 2.02. The molecule has 0 amide bonds. The molecule has 1 N–H and O–H groups in total. The molecule has 0 saturated carbocycles. The lowest BCUT2D eigenvalue weighted by molar-refractivity contribution is -0.137. The number of para-hydroxylation sites is 1. The zero-order valence-electron chi connectivity index (χ0n) is 14.5. The summed E-state index contributed by atoms with van der Waals surface area (Å²) < 4.78 is 51.6. The number of aromatic nitrogens is 1. The van der Waals surface area contributed by atoms with E-state index in [9.17, 15) is 21.6 Å². The summed E-state index contributed by atoms with van der Waals surface area (Å²) in [5.41, 5.74) is 0.309. The molecule has 0 aliphatic carbocycles. The highest BCUT2D eigenvalue weighted by Crippen LogP contribution is 2.29. The molecule has 146 valence electrons. The molecule has 2 heterocycles. The van der Waals surface area contributed by atoms with E-state index in [-0.39, 0.29) is 42.2 Å². The van der Waals surface area contributed by atoms with Gasteiger partial charge in [0.25, 0.3) is 0 Å². The number of aliphatic carboxylic acids is 1. The molecule has 0 spiro atoms. The highest BCUT2D eigenvalue weighted by molar-refractivity contribution is 7.92. The molecule has 1 aromatic carbocycles. The largest absolute Gasteiger partial charge is 0.481 e. The van der Waals surface area contributed by atoms with Crippen molar-refractivity contribution < 1.29 is 26.7 Å². The van der Waals surface area contributed by atoms with Gasteiger partial charge in [-0.2, -0.15) is 4.31 Å². The van der Waals surface area contributed by atoms with Gasteiger partial charge in [0, 0.05) is 30.6 Å². The molecule has 3 rings (SSSR count). The normalized spacial score (nSPS) is 19.5. The molecule has 2 aromatic rings. The maximum Gasteiger partial charge on any atom is 0.303 e. The second kappa shape index (κ2) is 7.53. The predicted molar refractivity (Wildman–Crippen MR) is 99.6 cm³/mol. The average Bonchev–Trinajstić information content (AvgIpc) is 2.97. The van der Waals surface area contributed by atoms with E-state index in [2.05, 4.69) is 4.98 Å². The van der Waals surface area contributed by atoms with Crippen LogP contribution in [0.1, 0.15) is 19.3 Å². The van der Waals surface area contributed by atoms with E-state index < -0.39 is 31.9 Å². The number of rotatable bonds is 7. The van der Waals surface area contributed by atoms with Crippen molar-refractivity contribution in [2.75, 3.05) is 18.1 Å². The third kappa shape index (κ3) is 4.28. The number of hydrogen-bond donors (Lipinski definition) is 1. The van der Waals surface area contributed by atoms with Gasteiger partial charge in [-0.1, -0.05) is 18.2 Å². The Kier molecular flexibility index (Phi) is 5.50. The van der Waals surface area contributed by atoms with Gasteiger partial charge in [0.2, 0.25) is 10.0 Å². The topological polar surface area (TPSA) is 122 Å². The molecular weight excluding hydrogens is 392 g/mol. The molecule has 1 atom stereocenters. The van der Waals surface area contributed by atoms with E-state index in [1.165, 1.54) is 12.3 Å². The molecule has 0 bridgehead atoms. The molecule has 1 aliphatic rings. The van der Waals surface area contributed by atoms with Crippen LogP contribution < -0.4 is 0 Å². The third-order valence-electron chi connectivity index (χ3n) is 4.57. The number of carbonyl (C=O) groups is 1. The fraction of sp³-hybridized carbons (Fsp3) is 0.412. The van der Waals surface area contributed by atoms with Gasteiger partial charge in [0.15, 0.2) is 9.84 Å². The summed E-state index contributed by atoms with van der Waals surface area (Å²) in [5.74, 6) is -1.35. The van der Waals surface area contributed by atoms with Crippen LogP contribution in [0.25, 0.3) is 10.9 Å². The van der Waals surface area contributed by atoms with Crippen molar-refractivity contribution in [3.8, 4) is 0 Å². The van der Waals surface area contributed by atoms with Gasteiger partial charge in [-0.05, 0) is 25.0 Å². The smallest absolute Gasteiger partial charge is 0.303 e. The van der Waals surface area contributed by atoms with Crippen LogP contribution in [0.5, 0.6) is 0 Å². The maximum absolute atomic E-state index is 13.4. The van der Waals surface area contributed by atoms with Crippen molar-refractivity contribution in [1.29, 1.82) is 0 Å². The summed E-state index contributed by atoms with van der Waals surface area (Å²) in [6, 6.07) is 7.54. The first-order valence-electron chi connectivity index (χ1n) is 8.48. The molecule has 1 aromatic heterocycles. The second-order valence-corrected chi connectivity index (χ2v) is 10.6. The standard InChI is InChI=1S/C17H20N2O6S2/c20-16(21)7-3-10-19(14-8-11-26(22,23)12-14)27(24,25)15-6-1-4-13-5-2-9-18-17(13)15/h1-2,4-6,9,14H,3,7-8,10-12H2,(H,20,21)/t14-/m0/s1. The molecule has 1 fully saturated rings. The van der Waals surface area contributed by atoms with E-state index in [1.54, 1.807) is 24.3 Å². The van der Waals surface area contributed by atoms with Crippen LogP contribution >= 0.6 is 0 Å². The van der Waals surface area contributed by atoms with Gasteiger partial charge in [0.1, 0.15) is 4.90 Å². The summed E-state index contributed by atoms with van der Waals surface area (Å²) in [7, 11) is -7.35. The SMILES string of the molecule is O=C(O)CCCN([C@H]1CCS(=O)(=O)C1)S(=O)(=O)c1cccc2cccnc12. The maximum atomic E-state index is 13.4. The number of nitrogens with zero attached hydrogens (tertiary/aromatic N) is 2. The number of sulfonamides is 1. The average molecular weight is 412 g/mol. The van der Waals surface area contributed by atoms with E-state index in [4.69, 9.17) is 5.11 Å². The van der Waals surface area contributed by atoms with E-state index in [0.717, 1.165) is 4.31 Å². The van der Waals surface area contributed by atoms with Crippen LogP contribution in [0.15, 0.2) is 41.4 Å². The van der Waals surface area contributed by atoms with Crippen LogP contribution in [0, 0.1) is 0 Å². The number of hydrogen-bond acceptors (Lipinski definition) is 6. The summed E-state index contributed by atoms with van der Waals surface area (Å²) >= 11 is 0. The summed E-state index contributed by atoms with van der Waals surface area (Å²) in [6.45, 7) is -0.0575. The molecular formula is C17H20N2O6S2. The van der Waals surface area contributed by atoms with Crippen LogP contribution in [0.4, 0.5) is 0 Å². The lowest BCUT2D eigenvalue weighted by Gasteiger charge is -2.27. The number of sulfone groups is 1. The zero-order valence-corrected chi connectivity index (χ0v) is 16.1. The first kappa shape index (κ1) is 19.7. The minimum Gasteiger partial charge on any atom is -0.481 e. The molecule has 1 saturated heterocycles. The monoisotopic (exact) mass is 412 g/mol. The number of fused-ring (bicyclic) bond motifs is 1. The summed E-state index contributed by atoms with van der Waals surface area (Å²) in [4.78, 5) is 15.0. The predicted octanol–water partition coefficient (Wildman–Crippen LogP) is 1.28.